The van der Waals surface area contributed by atoms with Crippen molar-refractivity contribution in [1.29, 1.82) is 0 Å². The van der Waals surface area contributed by atoms with Crippen LogP contribution in [0, 0.1) is 5.41 Å². The Hall–Kier alpha value is -1.80. The topological polar surface area (TPSA) is 65.5 Å². The van der Waals surface area contributed by atoms with Gasteiger partial charge in [-0.15, -0.1) is 24.0 Å². The summed E-state index contributed by atoms with van der Waals surface area (Å²) >= 11 is 6.09. The maximum Gasteiger partial charge on any atom is 0.251 e. The van der Waals surface area contributed by atoms with Crippen molar-refractivity contribution in [1.82, 2.24) is 16.0 Å². The summed E-state index contributed by atoms with van der Waals surface area (Å²) in [5, 5.41) is 10.1. The van der Waals surface area contributed by atoms with E-state index in [-0.39, 0.29) is 35.3 Å². The van der Waals surface area contributed by atoms with Gasteiger partial charge in [0, 0.05) is 37.8 Å². The van der Waals surface area contributed by atoms with Gasteiger partial charge in [-0.2, -0.15) is 0 Å². The predicted octanol–water partition coefficient (Wildman–Crippen LogP) is 4.25. The molecule has 0 aromatic heterocycles. The van der Waals surface area contributed by atoms with Gasteiger partial charge in [0.1, 0.15) is 0 Å². The van der Waals surface area contributed by atoms with Crippen LogP contribution in [0.5, 0.6) is 0 Å². The highest BCUT2D eigenvalue weighted by Crippen LogP contribution is 2.22. The minimum absolute atomic E-state index is 0. The van der Waals surface area contributed by atoms with Crippen molar-refractivity contribution in [3.63, 3.8) is 0 Å². The number of halogens is 2. The molecule has 2 rings (SSSR count). The summed E-state index contributed by atoms with van der Waals surface area (Å²) in [4.78, 5) is 15.9. The van der Waals surface area contributed by atoms with E-state index >= 15 is 0 Å². The molecule has 0 fully saturated rings. The number of nitrogens with one attached hydrogen (secondary N) is 3. The number of carbonyl (C=O) groups is 1. The van der Waals surface area contributed by atoms with Gasteiger partial charge in [0.25, 0.3) is 5.91 Å². The van der Waals surface area contributed by atoms with E-state index in [9.17, 15) is 4.79 Å². The lowest BCUT2D eigenvalue weighted by Gasteiger charge is -2.26. The first-order chi connectivity index (χ1) is 13.3. The summed E-state index contributed by atoms with van der Waals surface area (Å²) in [6, 6.07) is 15.5. The maximum atomic E-state index is 11.6. The van der Waals surface area contributed by atoms with Gasteiger partial charge >= 0.3 is 0 Å². The summed E-state index contributed by atoms with van der Waals surface area (Å²) in [6.07, 6.45) is 0.915. The van der Waals surface area contributed by atoms with Gasteiger partial charge in [-0.25, -0.2) is 0 Å². The van der Waals surface area contributed by atoms with Gasteiger partial charge in [0.2, 0.25) is 0 Å². The molecule has 0 heterocycles. The van der Waals surface area contributed by atoms with Crippen LogP contribution in [0.15, 0.2) is 53.5 Å². The molecule has 158 valence electrons. The van der Waals surface area contributed by atoms with E-state index in [2.05, 4.69) is 40.9 Å². The highest BCUT2D eigenvalue weighted by molar-refractivity contribution is 14.0. The van der Waals surface area contributed by atoms with Gasteiger partial charge in [0.05, 0.1) is 0 Å². The number of carbonyl (C=O) groups excluding carboxylic acids is 1. The fourth-order valence-electron chi connectivity index (χ4n) is 2.91. The third kappa shape index (κ3) is 8.62. The minimum atomic E-state index is -0.0843. The zero-order valence-corrected chi connectivity index (χ0v) is 20.5. The van der Waals surface area contributed by atoms with Crippen LogP contribution in [0.1, 0.15) is 35.3 Å². The third-order valence-electron chi connectivity index (χ3n) is 4.43. The molecule has 0 saturated heterocycles. The second-order valence-electron chi connectivity index (χ2n) is 7.53. The molecule has 2 aromatic rings. The van der Waals surface area contributed by atoms with E-state index in [0.29, 0.717) is 12.1 Å². The van der Waals surface area contributed by atoms with Gasteiger partial charge < -0.3 is 16.0 Å². The molecule has 1 amide bonds. The van der Waals surface area contributed by atoms with E-state index in [1.165, 1.54) is 5.56 Å². The molecule has 0 radical (unpaired) electrons. The van der Waals surface area contributed by atoms with Crippen LogP contribution in [-0.2, 0) is 13.0 Å². The Morgan fingerprint density at radius 1 is 1.07 bits per heavy atom. The second-order valence-corrected chi connectivity index (χ2v) is 7.96. The lowest BCUT2D eigenvalue weighted by atomic mass is 9.86. The number of rotatable bonds is 7. The zero-order chi connectivity index (χ0) is 20.6. The van der Waals surface area contributed by atoms with Crippen molar-refractivity contribution in [2.75, 3.05) is 20.6 Å². The first-order valence-corrected chi connectivity index (χ1v) is 9.71. The zero-order valence-electron chi connectivity index (χ0n) is 17.4. The Labute approximate surface area is 195 Å². The van der Waals surface area contributed by atoms with Gasteiger partial charge in [0.15, 0.2) is 5.96 Å². The number of guanidine groups is 1. The smallest absolute Gasteiger partial charge is 0.251 e. The third-order valence-corrected chi connectivity index (χ3v) is 4.67. The largest absolute Gasteiger partial charge is 0.356 e. The molecule has 0 bridgehead atoms. The average Bonchev–Trinajstić information content (AvgIpc) is 2.67. The van der Waals surface area contributed by atoms with Crippen LogP contribution in [0.25, 0.3) is 0 Å². The minimum Gasteiger partial charge on any atom is -0.356 e. The van der Waals surface area contributed by atoms with E-state index in [4.69, 9.17) is 11.6 Å². The Balaban J connectivity index is 0.00000420. The van der Waals surface area contributed by atoms with Crippen molar-refractivity contribution < 1.29 is 4.79 Å². The van der Waals surface area contributed by atoms with Crippen LogP contribution in [-0.4, -0.2) is 32.5 Å². The number of amides is 1. The number of nitrogens with zero attached hydrogens (tertiary/aromatic N) is 1. The molecular weight excluding hydrogens is 499 g/mol. The highest BCUT2D eigenvalue weighted by Gasteiger charge is 2.19. The predicted molar refractivity (Wildman–Crippen MR) is 132 cm³/mol. The quantitative estimate of drug-likeness (QED) is 0.286. The molecule has 0 atom stereocenters. The summed E-state index contributed by atoms with van der Waals surface area (Å²) in [7, 11) is 3.38. The SMILES string of the molecule is CN=C(NCc1ccc(C(=O)NC)cc1)NCC(C)(C)Cc1cccc(Cl)c1.I. The van der Waals surface area contributed by atoms with Crippen LogP contribution < -0.4 is 16.0 Å². The van der Waals surface area contributed by atoms with Crippen LogP contribution in [0.4, 0.5) is 0 Å². The Bertz CT molecular complexity index is 822. The van der Waals surface area contributed by atoms with Crippen molar-refractivity contribution in [2.45, 2.75) is 26.8 Å². The molecule has 0 saturated carbocycles. The lowest BCUT2D eigenvalue weighted by Crippen LogP contribution is -2.42. The van der Waals surface area contributed by atoms with Crippen LogP contribution >= 0.6 is 35.6 Å². The van der Waals surface area contributed by atoms with Crippen LogP contribution in [0.2, 0.25) is 5.02 Å². The lowest BCUT2D eigenvalue weighted by molar-refractivity contribution is 0.0963. The highest BCUT2D eigenvalue weighted by atomic mass is 127. The standard InChI is InChI=1S/C22H29ClN4O.HI/c1-22(2,13-17-6-5-7-19(23)12-17)15-27-21(25-4)26-14-16-8-10-18(11-9-16)20(28)24-3;/h5-12H,13-15H2,1-4H3,(H,24,28)(H2,25,26,27);1H. The molecule has 7 heteroatoms. The molecule has 2 aromatic carbocycles. The fraction of sp³-hybridized carbons (Fsp3) is 0.364. The number of hydrogen-bond donors (Lipinski definition) is 3. The molecule has 0 aliphatic heterocycles. The van der Waals surface area contributed by atoms with E-state index < -0.39 is 0 Å². The second kappa shape index (κ2) is 12.0. The molecule has 0 aliphatic rings. The van der Waals surface area contributed by atoms with E-state index in [1.807, 2.05) is 42.5 Å². The Kier molecular flexibility index (Phi) is 10.5. The number of benzene rings is 2. The Morgan fingerprint density at radius 3 is 2.34 bits per heavy atom. The first-order valence-electron chi connectivity index (χ1n) is 9.33. The molecule has 5 nitrogen and oxygen atoms in total. The number of hydrogen-bond acceptors (Lipinski definition) is 2. The summed E-state index contributed by atoms with van der Waals surface area (Å²) in [5.74, 6) is 0.661. The van der Waals surface area contributed by atoms with Crippen molar-refractivity contribution >= 4 is 47.4 Å². The van der Waals surface area contributed by atoms with Crippen molar-refractivity contribution in [2.24, 2.45) is 10.4 Å². The van der Waals surface area contributed by atoms with Crippen molar-refractivity contribution in [3.8, 4) is 0 Å². The monoisotopic (exact) mass is 528 g/mol. The summed E-state index contributed by atoms with van der Waals surface area (Å²) < 4.78 is 0. The molecule has 0 spiro atoms. The van der Waals surface area contributed by atoms with Crippen molar-refractivity contribution in [3.05, 3.63) is 70.2 Å². The fourth-order valence-corrected chi connectivity index (χ4v) is 3.12. The first kappa shape index (κ1) is 25.2. The average molecular weight is 529 g/mol. The van der Waals surface area contributed by atoms with Gasteiger partial charge in [-0.1, -0.05) is 49.7 Å². The van der Waals surface area contributed by atoms with Crippen LogP contribution in [0.3, 0.4) is 0 Å². The summed E-state index contributed by atoms with van der Waals surface area (Å²) in [6.45, 7) is 5.83. The molecular formula is C22H30ClIN4O. The molecule has 29 heavy (non-hydrogen) atoms. The normalized spacial score (nSPS) is 11.4. The Morgan fingerprint density at radius 2 is 1.76 bits per heavy atom. The van der Waals surface area contributed by atoms with Gasteiger partial charge in [-0.3, -0.25) is 9.79 Å². The van der Waals surface area contributed by atoms with E-state index in [1.54, 1.807) is 14.1 Å². The molecule has 0 aliphatic carbocycles. The molecule has 3 N–H and O–H groups in total. The van der Waals surface area contributed by atoms with E-state index in [0.717, 1.165) is 29.5 Å². The van der Waals surface area contributed by atoms with Gasteiger partial charge in [-0.05, 0) is 47.2 Å². The maximum absolute atomic E-state index is 11.6. The number of aliphatic imine (C=N–C) groups is 1. The molecule has 0 unspecified atom stereocenters. The summed E-state index contributed by atoms with van der Waals surface area (Å²) in [5.41, 5.74) is 2.99.